The van der Waals surface area contributed by atoms with Crippen molar-refractivity contribution < 1.29 is 28.6 Å². The standard InChI is InChI=1S/C75H130O6/c1-4-7-10-13-16-19-22-25-27-29-31-33-35-37-39-41-43-45-47-50-53-56-59-62-65-68-74(77)80-71-72(70-79-73(76)67-64-61-58-55-52-49-24-21-18-15-12-9-6-3)81-75(78)69-66-63-60-57-54-51-48-46-44-42-40-38-36-34-32-30-28-26-23-20-17-14-11-8-5-2/h7,10,16,19,23,25-27,30-33,36-39,72H,4-6,8-9,11-15,17-18,20-22,24,28-29,34-35,40-71H2,1-3H3/b10-7-,19-16-,26-23-,27-25-,32-30-,33-31-,38-36-,39-37-. The molecular formula is C75H130O6. The van der Waals surface area contributed by atoms with E-state index in [2.05, 4.69) is 118 Å². The molecule has 1 unspecified atom stereocenters. The second kappa shape index (κ2) is 68.8. The van der Waals surface area contributed by atoms with Crippen LogP contribution >= 0.6 is 0 Å². The Balaban J connectivity index is 4.32. The van der Waals surface area contributed by atoms with Crippen LogP contribution in [0.25, 0.3) is 0 Å². The van der Waals surface area contributed by atoms with Crippen LogP contribution in [0.3, 0.4) is 0 Å². The van der Waals surface area contributed by atoms with Gasteiger partial charge in [-0.05, 0) is 103 Å². The van der Waals surface area contributed by atoms with Crippen LogP contribution in [0.4, 0.5) is 0 Å². The zero-order chi connectivity index (χ0) is 58.5. The molecule has 0 fully saturated rings. The minimum atomic E-state index is -0.783. The number of allylic oxidation sites excluding steroid dienone is 16. The monoisotopic (exact) mass is 1130 g/mol. The van der Waals surface area contributed by atoms with Gasteiger partial charge in [-0.2, -0.15) is 0 Å². The van der Waals surface area contributed by atoms with Gasteiger partial charge < -0.3 is 14.2 Å². The molecule has 0 N–H and O–H groups in total. The summed E-state index contributed by atoms with van der Waals surface area (Å²) < 4.78 is 17.0. The van der Waals surface area contributed by atoms with Crippen molar-refractivity contribution >= 4 is 17.9 Å². The molecule has 0 heterocycles. The van der Waals surface area contributed by atoms with E-state index >= 15 is 0 Å². The predicted molar refractivity (Wildman–Crippen MR) is 353 cm³/mol. The van der Waals surface area contributed by atoms with E-state index in [1.807, 2.05) is 0 Å². The second-order valence-electron chi connectivity index (χ2n) is 23.1. The molecule has 0 aliphatic heterocycles. The first-order chi connectivity index (χ1) is 40.0. The number of hydrogen-bond acceptors (Lipinski definition) is 6. The van der Waals surface area contributed by atoms with Gasteiger partial charge in [-0.15, -0.1) is 0 Å². The number of carbonyl (C=O) groups excluding carboxylic acids is 3. The van der Waals surface area contributed by atoms with E-state index in [1.54, 1.807) is 0 Å². The topological polar surface area (TPSA) is 78.9 Å². The van der Waals surface area contributed by atoms with Crippen molar-refractivity contribution in [3.8, 4) is 0 Å². The first-order valence-electron chi connectivity index (χ1n) is 34.7. The molecule has 81 heavy (non-hydrogen) atoms. The maximum absolute atomic E-state index is 13.0. The van der Waals surface area contributed by atoms with E-state index in [9.17, 15) is 14.4 Å². The van der Waals surface area contributed by atoms with Crippen molar-refractivity contribution in [2.45, 2.75) is 348 Å². The van der Waals surface area contributed by atoms with E-state index in [0.29, 0.717) is 19.3 Å². The van der Waals surface area contributed by atoms with Gasteiger partial charge >= 0.3 is 17.9 Å². The van der Waals surface area contributed by atoms with E-state index < -0.39 is 6.10 Å². The molecule has 0 saturated heterocycles. The first-order valence-corrected chi connectivity index (χ1v) is 34.7. The molecule has 0 aromatic rings. The molecule has 0 saturated carbocycles. The highest BCUT2D eigenvalue weighted by molar-refractivity contribution is 5.71. The third-order valence-electron chi connectivity index (χ3n) is 15.1. The lowest BCUT2D eigenvalue weighted by molar-refractivity contribution is -0.167. The molecule has 0 aromatic heterocycles. The number of carbonyl (C=O) groups is 3. The third kappa shape index (κ3) is 67.0. The molecule has 0 aliphatic rings. The lowest BCUT2D eigenvalue weighted by Gasteiger charge is -2.18. The Kier molecular flexibility index (Phi) is 65.7. The zero-order valence-corrected chi connectivity index (χ0v) is 53.5. The number of hydrogen-bond donors (Lipinski definition) is 0. The van der Waals surface area contributed by atoms with Gasteiger partial charge in [0.05, 0.1) is 0 Å². The molecule has 6 nitrogen and oxygen atoms in total. The third-order valence-corrected chi connectivity index (χ3v) is 15.1. The summed E-state index contributed by atoms with van der Waals surface area (Å²) in [6.45, 7) is 6.55. The highest BCUT2D eigenvalue weighted by Gasteiger charge is 2.19. The number of unbranched alkanes of at least 4 members (excludes halogenated alkanes) is 36. The molecule has 0 rings (SSSR count). The molecule has 6 heteroatoms. The van der Waals surface area contributed by atoms with Crippen LogP contribution < -0.4 is 0 Å². The Labute approximate surface area is 502 Å². The first kappa shape index (κ1) is 77.3. The Morgan fingerprint density at radius 3 is 0.753 bits per heavy atom. The summed E-state index contributed by atoms with van der Waals surface area (Å²) in [4.78, 5) is 38.4. The lowest BCUT2D eigenvalue weighted by atomic mass is 10.0. The van der Waals surface area contributed by atoms with Gasteiger partial charge in [-0.1, -0.05) is 317 Å². The van der Waals surface area contributed by atoms with Gasteiger partial charge in [-0.3, -0.25) is 14.4 Å². The molecule has 466 valence electrons. The van der Waals surface area contributed by atoms with Crippen molar-refractivity contribution in [3.05, 3.63) is 97.2 Å². The van der Waals surface area contributed by atoms with Crippen LogP contribution in [-0.2, 0) is 28.6 Å². The fourth-order valence-electron chi connectivity index (χ4n) is 9.89. The van der Waals surface area contributed by atoms with Crippen molar-refractivity contribution in [1.82, 2.24) is 0 Å². The highest BCUT2D eigenvalue weighted by atomic mass is 16.6. The number of ether oxygens (including phenoxy) is 3. The van der Waals surface area contributed by atoms with Gasteiger partial charge in [0.15, 0.2) is 6.10 Å². The van der Waals surface area contributed by atoms with Crippen molar-refractivity contribution in [2.24, 2.45) is 0 Å². The van der Waals surface area contributed by atoms with Gasteiger partial charge in [0.2, 0.25) is 0 Å². The summed E-state index contributed by atoms with van der Waals surface area (Å²) in [7, 11) is 0. The molecule has 0 bridgehead atoms. The highest BCUT2D eigenvalue weighted by Crippen LogP contribution is 2.17. The van der Waals surface area contributed by atoms with Crippen LogP contribution in [-0.4, -0.2) is 37.2 Å². The predicted octanol–water partition coefficient (Wildman–Crippen LogP) is 24.0. The summed E-state index contributed by atoms with van der Waals surface area (Å²) in [6.07, 6.45) is 92.8. The summed E-state index contributed by atoms with van der Waals surface area (Å²) in [5.74, 6) is -0.873. The maximum Gasteiger partial charge on any atom is 0.306 e. The van der Waals surface area contributed by atoms with Gasteiger partial charge in [0.25, 0.3) is 0 Å². The Morgan fingerprint density at radius 1 is 0.259 bits per heavy atom. The maximum atomic E-state index is 13.0. The number of esters is 3. The number of rotatable bonds is 63. The average molecular weight is 1130 g/mol. The minimum Gasteiger partial charge on any atom is -0.462 e. The average Bonchev–Trinajstić information content (AvgIpc) is 3.46. The summed E-state index contributed by atoms with van der Waals surface area (Å²) in [5, 5.41) is 0. The van der Waals surface area contributed by atoms with E-state index in [4.69, 9.17) is 14.2 Å². The SMILES string of the molecule is CC/C=C\C/C=C\C/C=C\C/C=C\C/C=C\CCCCCCCCCCCC(=O)OCC(COC(=O)CCCCCCCCCCCCCCC)OC(=O)CCCCCCCCCCCC/C=C\C/C=C\C/C=C\CCCCCCC. The minimum absolute atomic E-state index is 0.0778. The van der Waals surface area contributed by atoms with Gasteiger partial charge in [0, 0.05) is 19.3 Å². The van der Waals surface area contributed by atoms with Crippen molar-refractivity contribution in [3.63, 3.8) is 0 Å². The second-order valence-corrected chi connectivity index (χ2v) is 23.1. The Bertz CT molecular complexity index is 1580. The van der Waals surface area contributed by atoms with Crippen LogP contribution in [0.2, 0.25) is 0 Å². The lowest BCUT2D eigenvalue weighted by Crippen LogP contribution is -2.30. The molecule has 0 amide bonds. The quantitative estimate of drug-likeness (QED) is 0.0261. The van der Waals surface area contributed by atoms with Crippen LogP contribution in [0.5, 0.6) is 0 Å². The van der Waals surface area contributed by atoms with E-state index in [1.165, 1.54) is 193 Å². The fraction of sp³-hybridized carbons (Fsp3) is 0.747. The Morgan fingerprint density at radius 2 is 0.481 bits per heavy atom. The molecule has 0 aliphatic carbocycles. The molecular weight excluding hydrogens is 997 g/mol. The smallest absolute Gasteiger partial charge is 0.306 e. The normalized spacial score (nSPS) is 12.7. The van der Waals surface area contributed by atoms with Gasteiger partial charge in [0.1, 0.15) is 13.2 Å². The summed E-state index contributed by atoms with van der Waals surface area (Å²) in [6, 6.07) is 0. The fourth-order valence-corrected chi connectivity index (χ4v) is 9.89. The van der Waals surface area contributed by atoms with Crippen molar-refractivity contribution in [1.29, 1.82) is 0 Å². The van der Waals surface area contributed by atoms with Crippen LogP contribution in [0.15, 0.2) is 97.2 Å². The van der Waals surface area contributed by atoms with Crippen LogP contribution in [0.1, 0.15) is 342 Å². The van der Waals surface area contributed by atoms with Gasteiger partial charge in [-0.25, -0.2) is 0 Å². The Hall–Kier alpha value is -3.67. The summed E-state index contributed by atoms with van der Waals surface area (Å²) >= 11 is 0. The van der Waals surface area contributed by atoms with E-state index in [-0.39, 0.29) is 31.1 Å². The largest absolute Gasteiger partial charge is 0.462 e. The van der Waals surface area contributed by atoms with E-state index in [0.717, 1.165) is 109 Å². The molecule has 1 atom stereocenters. The molecule has 0 spiro atoms. The summed E-state index contributed by atoms with van der Waals surface area (Å²) in [5.41, 5.74) is 0. The molecule has 0 radical (unpaired) electrons. The zero-order valence-electron chi connectivity index (χ0n) is 53.5. The molecule has 0 aromatic carbocycles. The van der Waals surface area contributed by atoms with Crippen LogP contribution in [0, 0.1) is 0 Å². The van der Waals surface area contributed by atoms with Crippen molar-refractivity contribution in [2.75, 3.05) is 13.2 Å².